The molecule has 7 heteroatoms. The first-order chi connectivity index (χ1) is 9.79. The normalized spacial score (nSPS) is 25.6. The standard InChI is InChI=1S/C13H21N5O2/c1-2-5-14-8-11-16-17-13(20-11)18-6-3-4-9-10(18)7-15-12(9)19/h9-10,14H,2-8H2,1H3,(H,15,19). The van der Waals surface area contributed by atoms with Crippen molar-refractivity contribution in [2.45, 2.75) is 38.8 Å². The highest BCUT2D eigenvalue weighted by molar-refractivity contribution is 5.82. The lowest BCUT2D eigenvalue weighted by molar-refractivity contribution is -0.123. The van der Waals surface area contributed by atoms with Gasteiger partial charge in [0.25, 0.3) is 0 Å². The summed E-state index contributed by atoms with van der Waals surface area (Å²) in [6.07, 6.45) is 3.01. The van der Waals surface area contributed by atoms with E-state index in [1.165, 1.54) is 0 Å². The monoisotopic (exact) mass is 279 g/mol. The van der Waals surface area contributed by atoms with Crippen molar-refractivity contribution in [3.05, 3.63) is 5.89 Å². The van der Waals surface area contributed by atoms with Crippen LogP contribution in [0.3, 0.4) is 0 Å². The number of carbonyl (C=O) groups excluding carboxylic acids is 1. The maximum atomic E-state index is 11.8. The van der Waals surface area contributed by atoms with E-state index in [9.17, 15) is 4.79 Å². The van der Waals surface area contributed by atoms with Crippen LogP contribution in [-0.2, 0) is 11.3 Å². The molecule has 7 nitrogen and oxygen atoms in total. The van der Waals surface area contributed by atoms with E-state index < -0.39 is 0 Å². The van der Waals surface area contributed by atoms with Crippen molar-refractivity contribution in [1.29, 1.82) is 0 Å². The van der Waals surface area contributed by atoms with E-state index in [0.29, 0.717) is 25.0 Å². The molecule has 110 valence electrons. The smallest absolute Gasteiger partial charge is 0.318 e. The van der Waals surface area contributed by atoms with Crippen LogP contribution in [0.4, 0.5) is 6.01 Å². The molecule has 0 aromatic carbocycles. The summed E-state index contributed by atoms with van der Waals surface area (Å²) in [7, 11) is 0. The number of piperidine rings is 1. The average molecular weight is 279 g/mol. The molecule has 2 aliphatic heterocycles. The third-order valence-electron chi connectivity index (χ3n) is 4.01. The third kappa shape index (κ3) is 2.49. The summed E-state index contributed by atoms with van der Waals surface area (Å²) in [5.74, 6) is 0.828. The van der Waals surface area contributed by atoms with E-state index >= 15 is 0 Å². The van der Waals surface area contributed by atoms with Crippen LogP contribution in [0.5, 0.6) is 0 Å². The third-order valence-corrected chi connectivity index (χ3v) is 4.01. The second-order valence-corrected chi connectivity index (χ2v) is 5.41. The SMILES string of the molecule is CCCNCc1nnc(N2CCCC3C(=O)NCC32)o1. The van der Waals surface area contributed by atoms with Crippen molar-refractivity contribution in [3.8, 4) is 0 Å². The average Bonchev–Trinajstić information content (AvgIpc) is 3.07. The number of aromatic nitrogens is 2. The van der Waals surface area contributed by atoms with Gasteiger partial charge < -0.3 is 20.0 Å². The van der Waals surface area contributed by atoms with Gasteiger partial charge in [-0.2, -0.15) is 0 Å². The molecule has 1 aromatic rings. The molecule has 2 N–H and O–H groups in total. The number of carbonyl (C=O) groups is 1. The number of anilines is 1. The van der Waals surface area contributed by atoms with Crippen LogP contribution in [-0.4, -0.2) is 41.8 Å². The molecule has 2 saturated heterocycles. The summed E-state index contributed by atoms with van der Waals surface area (Å²) in [5, 5.41) is 14.4. The molecular formula is C13H21N5O2. The van der Waals surface area contributed by atoms with Gasteiger partial charge in [-0.25, -0.2) is 0 Å². The molecule has 1 amide bonds. The van der Waals surface area contributed by atoms with Crippen molar-refractivity contribution < 1.29 is 9.21 Å². The minimum absolute atomic E-state index is 0.0670. The van der Waals surface area contributed by atoms with Crippen molar-refractivity contribution in [2.24, 2.45) is 5.92 Å². The number of nitrogens with one attached hydrogen (secondary N) is 2. The van der Waals surface area contributed by atoms with E-state index in [1.807, 2.05) is 0 Å². The van der Waals surface area contributed by atoms with E-state index in [2.05, 4.69) is 32.7 Å². The molecule has 0 bridgehead atoms. The minimum Gasteiger partial charge on any atom is -0.407 e. The van der Waals surface area contributed by atoms with E-state index in [-0.39, 0.29) is 17.9 Å². The highest BCUT2D eigenvalue weighted by Crippen LogP contribution is 2.30. The second-order valence-electron chi connectivity index (χ2n) is 5.41. The van der Waals surface area contributed by atoms with Gasteiger partial charge in [-0.05, 0) is 25.8 Å². The van der Waals surface area contributed by atoms with Crippen LogP contribution in [0.1, 0.15) is 32.1 Å². The van der Waals surface area contributed by atoms with Gasteiger partial charge in [0.1, 0.15) is 0 Å². The highest BCUT2D eigenvalue weighted by Gasteiger charge is 2.42. The van der Waals surface area contributed by atoms with Crippen molar-refractivity contribution >= 4 is 11.9 Å². The zero-order valence-corrected chi connectivity index (χ0v) is 11.8. The zero-order valence-electron chi connectivity index (χ0n) is 11.8. The molecule has 1 aromatic heterocycles. The Morgan fingerprint density at radius 2 is 2.40 bits per heavy atom. The first-order valence-corrected chi connectivity index (χ1v) is 7.37. The first-order valence-electron chi connectivity index (χ1n) is 7.37. The fraction of sp³-hybridized carbons (Fsp3) is 0.769. The van der Waals surface area contributed by atoms with Gasteiger partial charge in [0.15, 0.2) is 0 Å². The Morgan fingerprint density at radius 3 is 3.25 bits per heavy atom. The number of fused-ring (bicyclic) bond motifs is 1. The molecule has 0 saturated carbocycles. The Bertz CT molecular complexity index is 475. The number of amides is 1. The summed E-state index contributed by atoms with van der Waals surface area (Å²) in [4.78, 5) is 13.8. The Morgan fingerprint density at radius 1 is 1.50 bits per heavy atom. The van der Waals surface area contributed by atoms with Crippen LogP contribution >= 0.6 is 0 Å². The van der Waals surface area contributed by atoms with E-state index in [4.69, 9.17) is 4.42 Å². The largest absolute Gasteiger partial charge is 0.407 e. The lowest BCUT2D eigenvalue weighted by atomic mass is 9.92. The summed E-state index contributed by atoms with van der Waals surface area (Å²) < 4.78 is 5.72. The molecular weight excluding hydrogens is 258 g/mol. The number of nitrogens with zero attached hydrogens (tertiary/aromatic N) is 3. The van der Waals surface area contributed by atoms with Crippen LogP contribution in [0, 0.1) is 5.92 Å². The predicted molar refractivity (Wildman–Crippen MR) is 73.2 cm³/mol. The van der Waals surface area contributed by atoms with Gasteiger partial charge in [-0.1, -0.05) is 12.0 Å². The second kappa shape index (κ2) is 5.78. The first kappa shape index (κ1) is 13.4. The molecule has 3 heterocycles. The van der Waals surface area contributed by atoms with Gasteiger partial charge in [0.05, 0.1) is 18.5 Å². The fourth-order valence-corrected chi connectivity index (χ4v) is 2.99. The fourth-order valence-electron chi connectivity index (χ4n) is 2.99. The molecule has 0 aliphatic carbocycles. The van der Waals surface area contributed by atoms with Gasteiger partial charge in [-0.3, -0.25) is 4.79 Å². The Hall–Kier alpha value is -1.63. The zero-order chi connectivity index (χ0) is 13.9. The van der Waals surface area contributed by atoms with Gasteiger partial charge in [0.2, 0.25) is 11.8 Å². The maximum absolute atomic E-state index is 11.8. The van der Waals surface area contributed by atoms with Crippen LogP contribution in [0.25, 0.3) is 0 Å². The Kier molecular flexibility index (Phi) is 3.86. The lowest BCUT2D eigenvalue weighted by Gasteiger charge is -2.34. The van der Waals surface area contributed by atoms with Gasteiger partial charge in [0, 0.05) is 13.1 Å². The Balaban J connectivity index is 1.67. The predicted octanol–water partition coefficient (Wildman–Crippen LogP) is 0.284. The molecule has 2 unspecified atom stereocenters. The van der Waals surface area contributed by atoms with Crippen molar-refractivity contribution in [3.63, 3.8) is 0 Å². The van der Waals surface area contributed by atoms with E-state index in [0.717, 1.165) is 32.4 Å². The van der Waals surface area contributed by atoms with Gasteiger partial charge in [-0.15, -0.1) is 5.10 Å². The highest BCUT2D eigenvalue weighted by atomic mass is 16.4. The molecule has 0 radical (unpaired) electrons. The topological polar surface area (TPSA) is 83.3 Å². The number of hydrogen-bond acceptors (Lipinski definition) is 6. The summed E-state index contributed by atoms with van der Waals surface area (Å²) in [5.41, 5.74) is 0. The van der Waals surface area contributed by atoms with Crippen LogP contribution in [0.15, 0.2) is 4.42 Å². The van der Waals surface area contributed by atoms with Crippen LogP contribution in [0.2, 0.25) is 0 Å². The van der Waals surface area contributed by atoms with E-state index in [1.54, 1.807) is 0 Å². The van der Waals surface area contributed by atoms with Crippen molar-refractivity contribution in [1.82, 2.24) is 20.8 Å². The molecule has 2 aliphatic rings. The minimum atomic E-state index is 0.0670. The summed E-state index contributed by atoms with van der Waals surface area (Å²) >= 11 is 0. The molecule has 20 heavy (non-hydrogen) atoms. The lowest BCUT2D eigenvalue weighted by Crippen LogP contribution is -2.45. The molecule has 2 atom stereocenters. The number of hydrogen-bond donors (Lipinski definition) is 2. The molecule has 2 fully saturated rings. The summed E-state index contributed by atoms with van der Waals surface area (Å²) in [6.45, 7) is 5.20. The molecule has 0 spiro atoms. The van der Waals surface area contributed by atoms with Crippen LogP contribution < -0.4 is 15.5 Å². The van der Waals surface area contributed by atoms with Gasteiger partial charge >= 0.3 is 6.01 Å². The molecule has 3 rings (SSSR count). The summed E-state index contributed by atoms with van der Waals surface area (Å²) in [6, 6.07) is 0.706. The van der Waals surface area contributed by atoms with Crippen molar-refractivity contribution in [2.75, 3.05) is 24.5 Å². The Labute approximate surface area is 118 Å². The quantitative estimate of drug-likeness (QED) is 0.754. The number of rotatable bonds is 5. The maximum Gasteiger partial charge on any atom is 0.318 e.